The van der Waals surface area contributed by atoms with Crippen LogP contribution in [0.3, 0.4) is 0 Å². The molecule has 0 saturated carbocycles. The van der Waals surface area contributed by atoms with Gasteiger partial charge >= 0.3 is 87.5 Å². The van der Waals surface area contributed by atoms with Gasteiger partial charge in [-0.2, -0.15) is 0 Å². The summed E-state index contributed by atoms with van der Waals surface area (Å²) >= 11 is 2.45. The van der Waals surface area contributed by atoms with Crippen molar-refractivity contribution >= 4 is 31.1 Å². The van der Waals surface area contributed by atoms with Gasteiger partial charge in [0, 0.05) is 0 Å². The number of benzene rings is 1. The van der Waals surface area contributed by atoms with Crippen LogP contribution >= 0.6 is 0 Å². The Morgan fingerprint density at radius 3 is 2.79 bits per heavy atom. The first kappa shape index (κ1) is 9.19. The average Bonchev–Trinajstić information content (AvgIpc) is 2.16. The molecule has 0 unspecified atom stereocenters. The summed E-state index contributed by atoms with van der Waals surface area (Å²) in [7, 11) is 0. The van der Waals surface area contributed by atoms with E-state index in [-0.39, 0.29) is 10.2 Å². The van der Waals surface area contributed by atoms with E-state index in [1.807, 2.05) is 18.2 Å². The van der Waals surface area contributed by atoms with Crippen LogP contribution in [0.5, 0.6) is 0 Å². The Labute approximate surface area is 87.9 Å². The van der Waals surface area contributed by atoms with Crippen LogP contribution in [0, 0.1) is 5.41 Å². The molecule has 0 atom stereocenters. The van der Waals surface area contributed by atoms with Crippen molar-refractivity contribution in [2.75, 3.05) is 0 Å². The summed E-state index contributed by atoms with van der Waals surface area (Å²) in [5, 5.41) is 17.6. The maximum absolute atomic E-state index is 9.25. The molecule has 2 N–H and O–H groups in total. The van der Waals surface area contributed by atoms with Crippen molar-refractivity contribution in [3.63, 3.8) is 0 Å². The van der Waals surface area contributed by atoms with Crippen LogP contribution in [0.15, 0.2) is 34.7 Å². The van der Waals surface area contributed by atoms with E-state index in [1.165, 1.54) is 0 Å². The Balaban J connectivity index is 2.84. The van der Waals surface area contributed by atoms with E-state index in [0.29, 0.717) is 11.1 Å². The van der Waals surface area contributed by atoms with Crippen molar-refractivity contribution in [2.24, 2.45) is 0 Å². The van der Waals surface area contributed by atoms with Gasteiger partial charge in [0.25, 0.3) is 0 Å². The third-order valence-corrected chi connectivity index (χ3v) is 2.37. The zero-order valence-electron chi connectivity index (χ0n) is 7.15. The number of nitrogens with one attached hydrogen (secondary N) is 1. The Morgan fingerprint density at radius 2 is 2.07 bits per heavy atom. The van der Waals surface area contributed by atoms with Gasteiger partial charge in [-0.05, 0) is 0 Å². The Hall–Kier alpha value is -1.38. The molecule has 0 aliphatic carbocycles. The first-order valence-corrected chi connectivity index (χ1v) is 4.85. The number of aliphatic hydroxyl groups excluding tert-OH is 1. The van der Waals surface area contributed by atoms with Crippen molar-refractivity contribution < 1.29 is 9.52 Å². The Morgan fingerprint density at radius 1 is 1.36 bits per heavy atom. The van der Waals surface area contributed by atoms with Gasteiger partial charge in [-0.3, -0.25) is 0 Å². The Kier molecular flexibility index (Phi) is 2.23. The Bertz CT molecular complexity index is 559. The molecule has 0 aliphatic heterocycles. The molecule has 0 spiro atoms. The van der Waals surface area contributed by atoms with Crippen LogP contribution in [-0.4, -0.2) is 25.3 Å². The summed E-state index contributed by atoms with van der Waals surface area (Å²) in [5.41, 5.74) is 0.978. The van der Waals surface area contributed by atoms with E-state index in [4.69, 9.17) is 9.83 Å². The van der Waals surface area contributed by atoms with Crippen molar-refractivity contribution in [3.05, 3.63) is 41.4 Å². The van der Waals surface area contributed by atoms with Crippen LogP contribution in [0.2, 0.25) is 0 Å². The van der Waals surface area contributed by atoms with Gasteiger partial charge < -0.3 is 0 Å². The summed E-state index contributed by atoms with van der Waals surface area (Å²) in [6.07, 6.45) is 0. The van der Waals surface area contributed by atoms with Gasteiger partial charge in [-0.15, -0.1) is 0 Å². The number of hydrogen-bond acceptors (Lipinski definition) is 3. The van der Waals surface area contributed by atoms with Gasteiger partial charge in [-0.1, -0.05) is 0 Å². The third-order valence-electron chi connectivity index (χ3n) is 1.91. The second-order valence-electron chi connectivity index (χ2n) is 2.83. The van der Waals surface area contributed by atoms with Crippen molar-refractivity contribution in [1.29, 1.82) is 5.41 Å². The van der Waals surface area contributed by atoms with Gasteiger partial charge in [0.1, 0.15) is 0 Å². The van der Waals surface area contributed by atoms with Crippen LogP contribution in [-0.2, 0) is 0 Å². The summed E-state index contributed by atoms with van der Waals surface area (Å²) in [4.78, 5) is 0. The quantitative estimate of drug-likeness (QED) is 0.742. The minimum absolute atomic E-state index is 0.0236. The molecule has 3 nitrogen and oxygen atoms in total. The van der Waals surface area contributed by atoms with Crippen molar-refractivity contribution in [3.8, 4) is 0 Å². The molecular formula is C10H7NO2Se. The molecule has 2 rings (SSSR count). The normalized spacial score (nSPS) is 10.3. The predicted octanol–water partition coefficient (Wildman–Crippen LogP) is 0.931. The number of aliphatic hydroxyl groups is 1. The molecule has 14 heavy (non-hydrogen) atoms. The molecule has 0 radical (unpaired) electrons. The third kappa shape index (κ3) is 1.50. The van der Waals surface area contributed by atoms with Crippen LogP contribution in [0.25, 0.3) is 11.0 Å². The first-order valence-electron chi connectivity index (χ1n) is 3.99. The fourth-order valence-corrected chi connectivity index (χ4v) is 1.56. The van der Waals surface area contributed by atoms with Gasteiger partial charge in [0.2, 0.25) is 0 Å². The fourth-order valence-electron chi connectivity index (χ4n) is 1.24. The minimum atomic E-state index is -0.0417. The number of para-hydroxylation sites is 1. The second-order valence-corrected chi connectivity index (χ2v) is 3.64. The molecule has 4 heteroatoms. The summed E-state index contributed by atoms with van der Waals surface area (Å²) < 4.78 is 5.20. The van der Waals surface area contributed by atoms with Crippen LogP contribution in [0.1, 0.15) is 5.56 Å². The molecule has 0 saturated heterocycles. The molecular weight excluding hydrogens is 245 g/mol. The standard InChI is InChI=1S/C10H7NO2Se/c11-9-7(10(12)14)5-6-3-1-2-4-8(6)13-9/h1-5,11H,(H,12,14). The molecule has 2 aromatic rings. The SMILES string of the molecule is N=c1oc2ccccc2cc1C(O)=[Se]. The second kappa shape index (κ2) is 3.40. The molecule has 1 aromatic heterocycles. The maximum atomic E-state index is 9.25. The van der Waals surface area contributed by atoms with E-state index in [9.17, 15) is 5.11 Å². The van der Waals surface area contributed by atoms with Crippen LogP contribution < -0.4 is 5.55 Å². The summed E-state index contributed by atoms with van der Waals surface area (Å²) in [6, 6.07) is 9.08. The zero-order valence-corrected chi connectivity index (χ0v) is 8.86. The van der Waals surface area contributed by atoms with E-state index in [2.05, 4.69) is 15.6 Å². The van der Waals surface area contributed by atoms with Crippen molar-refractivity contribution in [1.82, 2.24) is 0 Å². The molecule has 0 bridgehead atoms. The number of fused-ring (bicyclic) bond motifs is 1. The molecule has 0 aliphatic rings. The topological polar surface area (TPSA) is 57.2 Å². The first-order chi connectivity index (χ1) is 6.68. The van der Waals surface area contributed by atoms with Crippen molar-refractivity contribution in [2.45, 2.75) is 0 Å². The van der Waals surface area contributed by atoms with E-state index < -0.39 is 0 Å². The zero-order chi connectivity index (χ0) is 10.1. The molecule has 1 heterocycles. The fraction of sp³-hybridized carbons (Fsp3) is 0. The van der Waals surface area contributed by atoms with E-state index >= 15 is 0 Å². The summed E-state index contributed by atoms with van der Waals surface area (Å²) in [6.45, 7) is 0. The summed E-state index contributed by atoms with van der Waals surface area (Å²) in [5.74, 6) is 0. The number of rotatable bonds is 1. The number of hydrogen-bond donors (Lipinski definition) is 2. The molecule has 1 aromatic carbocycles. The molecule has 0 fully saturated rings. The van der Waals surface area contributed by atoms with E-state index in [1.54, 1.807) is 12.1 Å². The average molecular weight is 252 g/mol. The van der Waals surface area contributed by atoms with Gasteiger partial charge in [-0.25, -0.2) is 0 Å². The van der Waals surface area contributed by atoms with Gasteiger partial charge in [0.15, 0.2) is 0 Å². The predicted molar refractivity (Wildman–Crippen MR) is 53.9 cm³/mol. The van der Waals surface area contributed by atoms with E-state index in [0.717, 1.165) is 5.39 Å². The molecule has 70 valence electrons. The molecule has 0 amide bonds. The monoisotopic (exact) mass is 253 g/mol. The van der Waals surface area contributed by atoms with Gasteiger partial charge in [0.05, 0.1) is 0 Å². The van der Waals surface area contributed by atoms with Crippen LogP contribution in [0.4, 0.5) is 0 Å².